The number of aromatic nitrogens is 5. The lowest BCUT2D eigenvalue weighted by Crippen LogP contribution is -2.17. The number of hydrogen-bond donors (Lipinski definition) is 1. The topological polar surface area (TPSA) is 71.8 Å². The predicted molar refractivity (Wildman–Crippen MR) is 127 cm³/mol. The molecule has 0 spiro atoms. The molecular weight excluding hydrogens is 424 g/mol. The third kappa shape index (κ3) is 4.48. The second kappa shape index (κ2) is 9.09. The molecule has 1 aromatic carbocycles. The van der Waals surface area contributed by atoms with Crippen LogP contribution >= 0.6 is 0 Å². The first-order valence-electron chi connectivity index (χ1n) is 10.9. The van der Waals surface area contributed by atoms with E-state index in [4.69, 9.17) is 0 Å². The highest BCUT2D eigenvalue weighted by atomic mass is 19.1. The summed E-state index contributed by atoms with van der Waals surface area (Å²) < 4.78 is 31.5. The highest BCUT2D eigenvalue weighted by Crippen LogP contribution is 2.30. The minimum Gasteiger partial charge on any atom is -0.373 e. The van der Waals surface area contributed by atoms with E-state index in [-0.39, 0.29) is 23.2 Å². The molecule has 1 N–H and O–H groups in total. The van der Waals surface area contributed by atoms with Crippen molar-refractivity contribution in [3.05, 3.63) is 54.1 Å². The van der Waals surface area contributed by atoms with E-state index < -0.39 is 11.6 Å². The first-order chi connectivity index (χ1) is 15.8. The van der Waals surface area contributed by atoms with Gasteiger partial charge in [0.1, 0.15) is 22.9 Å². The van der Waals surface area contributed by atoms with E-state index in [9.17, 15) is 8.78 Å². The SMILES string of the molecule is CCCN(C)c1ccc(Nc2ncc(F)c(-c3cc(F)c4nc(C)n(C(C)C)c4c3)n2)nc1. The second-order valence-corrected chi connectivity index (χ2v) is 8.29. The van der Waals surface area contributed by atoms with Crippen LogP contribution in [0.5, 0.6) is 0 Å². The number of aryl methyl sites for hydroxylation is 1. The quantitative estimate of drug-likeness (QED) is 0.392. The Balaban J connectivity index is 1.68. The minimum atomic E-state index is -0.642. The van der Waals surface area contributed by atoms with Crippen LogP contribution in [0.2, 0.25) is 0 Å². The smallest absolute Gasteiger partial charge is 0.229 e. The summed E-state index contributed by atoms with van der Waals surface area (Å²) in [4.78, 5) is 19.2. The van der Waals surface area contributed by atoms with Gasteiger partial charge in [-0.25, -0.2) is 28.7 Å². The molecule has 0 radical (unpaired) electrons. The van der Waals surface area contributed by atoms with Crippen molar-refractivity contribution in [2.24, 2.45) is 0 Å². The van der Waals surface area contributed by atoms with Gasteiger partial charge in [-0.3, -0.25) is 0 Å². The van der Waals surface area contributed by atoms with Crippen LogP contribution in [0.25, 0.3) is 22.3 Å². The van der Waals surface area contributed by atoms with Crippen molar-refractivity contribution in [2.45, 2.75) is 40.2 Å². The first kappa shape index (κ1) is 22.6. The number of halogens is 2. The lowest BCUT2D eigenvalue weighted by Gasteiger charge is -2.18. The molecule has 3 aromatic heterocycles. The van der Waals surface area contributed by atoms with Gasteiger partial charge in [0.05, 0.1) is 23.6 Å². The number of benzene rings is 1. The highest BCUT2D eigenvalue weighted by Gasteiger charge is 2.18. The molecule has 0 aliphatic heterocycles. The van der Waals surface area contributed by atoms with Crippen LogP contribution in [-0.2, 0) is 0 Å². The van der Waals surface area contributed by atoms with Crippen LogP contribution in [0.15, 0.2) is 36.7 Å². The molecule has 0 aliphatic rings. The molecule has 0 fully saturated rings. The molecule has 4 aromatic rings. The molecule has 4 rings (SSSR count). The van der Waals surface area contributed by atoms with Crippen molar-refractivity contribution >= 4 is 28.5 Å². The van der Waals surface area contributed by atoms with E-state index in [1.165, 1.54) is 6.07 Å². The molecule has 3 heterocycles. The van der Waals surface area contributed by atoms with Gasteiger partial charge in [0.15, 0.2) is 11.6 Å². The molecule has 0 atom stereocenters. The Bertz CT molecular complexity index is 1280. The summed E-state index contributed by atoms with van der Waals surface area (Å²) >= 11 is 0. The number of fused-ring (bicyclic) bond motifs is 1. The maximum Gasteiger partial charge on any atom is 0.229 e. The zero-order valence-corrected chi connectivity index (χ0v) is 19.4. The summed E-state index contributed by atoms with van der Waals surface area (Å²) in [6.07, 6.45) is 3.86. The lowest BCUT2D eigenvalue weighted by atomic mass is 10.1. The van der Waals surface area contributed by atoms with E-state index in [1.807, 2.05) is 44.5 Å². The average molecular weight is 452 g/mol. The number of anilines is 3. The summed E-state index contributed by atoms with van der Waals surface area (Å²) in [6, 6.07) is 6.79. The lowest BCUT2D eigenvalue weighted by molar-refractivity contribution is 0.600. The molecule has 33 heavy (non-hydrogen) atoms. The van der Waals surface area contributed by atoms with Crippen molar-refractivity contribution in [3.8, 4) is 11.3 Å². The zero-order valence-electron chi connectivity index (χ0n) is 19.4. The van der Waals surface area contributed by atoms with Crippen molar-refractivity contribution in [2.75, 3.05) is 23.8 Å². The van der Waals surface area contributed by atoms with Crippen molar-refractivity contribution in [1.82, 2.24) is 24.5 Å². The van der Waals surface area contributed by atoms with Gasteiger partial charge < -0.3 is 14.8 Å². The summed E-state index contributed by atoms with van der Waals surface area (Å²) in [5.41, 5.74) is 2.16. The van der Waals surface area contributed by atoms with Gasteiger partial charge in [-0.05, 0) is 51.5 Å². The zero-order chi connectivity index (χ0) is 23.7. The Morgan fingerprint density at radius 2 is 1.85 bits per heavy atom. The number of rotatable bonds is 7. The number of hydrogen-bond acceptors (Lipinski definition) is 6. The van der Waals surface area contributed by atoms with Crippen LogP contribution in [0.4, 0.5) is 26.2 Å². The first-order valence-corrected chi connectivity index (χ1v) is 10.9. The molecule has 7 nitrogen and oxygen atoms in total. The predicted octanol–water partition coefficient (Wildman–Crippen LogP) is 5.65. The van der Waals surface area contributed by atoms with Crippen LogP contribution < -0.4 is 10.2 Å². The van der Waals surface area contributed by atoms with E-state index in [0.717, 1.165) is 24.8 Å². The molecule has 0 unspecified atom stereocenters. The molecule has 172 valence electrons. The van der Waals surface area contributed by atoms with Crippen molar-refractivity contribution in [3.63, 3.8) is 0 Å². The molecule has 0 amide bonds. The van der Waals surface area contributed by atoms with Gasteiger partial charge in [-0.1, -0.05) is 6.92 Å². The van der Waals surface area contributed by atoms with Crippen molar-refractivity contribution < 1.29 is 8.78 Å². The van der Waals surface area contributed by atoms with Crippen LogP contribution in [0, 0.1) is 18.6 Å². The normalized spacial score (nSPS) is 11.4. The molecule has 0 saturated heterocycles. The summed E-state index contributed by atoms with van der Waals surface area (Å²) in [5.74, 6) is 0.224. The van der Waals surface area contributed by atoms with Crippen LogP contribution in [0.1, 0.15) is 39.1 Å². The molecule has 0 bridgehead atoms. The summed E-state index contributed by atoms with van der Waals surface area (Å²) in [5, 5.41) is 3.00. The van der Waals surface area contributed by atoms with Gasteiger partial charge in [-0.15, -0.1) is 0 Å². The molecule has 0 saturated carbocycles. The summed E-state index contributed by atoms with van der Waals surface area (Å²) in [6.45, 7) is 8.85. The Kier molecular flexibility index (Phi) is 6.22. The van der Waals surface area contributed by atoms with Gasteiger partial charge in [0.2, 0.25) is 5.95 Å². The largest absolute Gasteiger partial charge is 0.373 e. The van der Waals surface area contributed by atoms with E-state index >= 15 is 0 Å². The number of pyridine rings is 1. The summed E-state index contributed by atoms with van der Waals surface area (Å²) in [7, 11) is 2.01. The fourth-order valence-corrected chi connectivity index (χ4v) is 3.95. The number of nitrogens with one attached hydrogen (secondary N) is 1. The monoisotopic (exact) mass is 451 g/mol. The van der Waals surface area contributed by atoms with Crippen molar-refractivity contribution in [1.29, 1.82) is 0 Å². The van der Waals surface area contributed by atoms with Gasteiger partial charge in [0, 0.05) is 25.2 Å². The maximum atomic E-state index is 14.9. The second-order valence-electron chi connectivity index (χ2n) is 8.29. The maximum absolute atomic E-state index is 14.9. The third-order valence-electron chi connectivity index (χ3n) is 5.45. The van der Waals surface area contributed by atoms with E-state index in [1.54, 1.807) is 12.3 Å². The van der Waals surface area contributed by atoms with E-state index in [2.05, 4.69) is 37.1 Å². The Morgan fingerprint density at radius 3 is 2.52 bits per heavy atom. The molecule has 9 heteroatoms. The fourth-order valence-electron chi connectivity index (χ4n) is 3.95. The Hall–Kier alpha value is -3.62. The van der Waals surface area contributed by atoms with Gasteiger partial charge in [0.25, 0.3) is 0 Å². The van der Waals surface area contributed by atoms with E-state index in [0.29, 0.717) is 22.7 Å². The fraction of sp³-hybridized carbons (Fsp3) is 0.333. The third-order valence-corrected chi connectivity index (χ3v) is 5.45. The molecular formula is C24H27F2N7. The average Bonchev–Trinajstić information content (AvgIpc) is 3.12. The Labute approximate surface area is 191 Å². The number of imidazole rings is 1. The van der Waals surface area contributed by atoms with Crippen LogP contribution in [-0.4, -0.2) is 38.1 Å². The molecule has 0 aliphatic carbocycles. The Morgan fingerprint density at radius 1 is 1.06 bits per heavy atom. The van der Waals surface area contributed by atoms with Gasteiger partial charge in [-0.2, -0.15) is 0 Å². The minimum absolute atomic E-state index is 0.00163. The highest BCUT2D eigenvalue weighted by molar-refractivity contribution is 5.83. The number of nitrogens with zero attached hydrogens (tertiary/aromatic N) is 6. The van der Waals surface area contributed by atoms with Gasteiger partial charge >= 0.3 is 0 Å². The standard InChI is InChI=1S/C24H27F2N7/c1-6-9-32(5)17-7-8-21(27-12-17)30-24-28-13-19(26)22(31-24)16-10-18(25)23-20(11-16)33(14(2)3)15(4)29-23/h7-8,10-14H,6,9H2,1-5H3,(H,27,28,30,31). The van der Waals surface area contributed by atoms with Crippen LogP contribution in [0.3, 0.4) is 0 Å².